The van der Waals surface area contributed by atoms with Gasteiger partial charge in [0.1, 0.15) is 5.69 Å². The van der Waals surface area contributed by atoms with E-state index in [1.165, 1.54) is 0 Å². The fourth-order valence-electron chi connectivity index (χ4n) is 3.84. The van der Waals surface area contributed by atoms with E-state index in [-0.39, 0.29) is 11.9 Å². The minimum Gasteiger partial charge on any atom is -0.383 e. The topological polar surface area (TPSA) is 45.3 Å². The second-order valence-corrected chi connectivity index (χ2v) is 7.12. The Morgan fingerprint density at radius 3 is 2.85 bits per heavy atom. The van der Waals surface area contributed by atoms with Gasteiger partial charge in [-0.2, -0.15) is 0 Å². The summed E-state index contributed by atoms with van der Waals surface area (Å²) < 4.78 is 5.31. The van der Waals surface area contributed by atoms with Crippen molar-refractivity contribution >= 4 is 28.4 Å². The summed E-state index contributed by atoms with van der Waals surface area (Å²) >= 11 is 6.23. The molecule has 5 heteroatoms. The Morgan fingerprint density at radius 2 is 2.08 bits per heavy atom. The first-order chi connectivity index (χ1) is 12.7. The van der Waals surface area contributed by atoms with Crippen molar-refractivity contribution in [1.29, 1.82) is 0 Å². The number of carbonyl (C=O) groups excluding carboxylic acids is 1. The molecule has 0 unspecified atom stereocenters. The second kappa shape index (κ2) is 7.14. The van der Waals surface area contributed by atoms with E-state index in [9.17, 15) is 4.79 Å². The Morgan fingerprint density at radius 1 is 1.27 bits per heavy atom. The van der Waals surface area contributed by atoms with Gasteiger partial charge in [-0.05, 0) is 36.6 Å². The monoisotopic (exact) mass is 368 g/mol. The highest BCUT2D eigenvalue weighted by molar-refractivity contribution is 6.31. The minimum atomic E-state index is 0.0238. The molecule has 1 amide bonds. The molecule has 1 aromatic heterocycles. The normalized spacial score (nSPS) is 17.2. The summed E-state index contributed by atoms with van der Waals surface area (Å²) in [4.78, 5) is 18.7. The maximum absolute atomic E-state index is 13.4. The maximum atomic E-state index is 13.4. The third-order valence-corrected chi connectivity index (χ3v) is 5.27. The highest BCUT2D eigenvalue weighted by Crippen LogP contribution is 2.35. The van der Waals surface area contributed by atoms with Gasteiger partial charge >= 0.3 is 0 Å². The quantitative estimate of drug-likeness (QED) is 0.723. The molecule has 0 spiro atoms. The molecule has 2 aromatic carbocycles. The zero-order valence-electron chi connectivity index (χ0n) is 14.7. The molecule has 1 aliphatic rings. The van der Waals surface area contributed by atoms with Crippen LogP contribution in [0.2, 0.25) is 5.02 Å². The van der Waals surface area contributed by atoms with Crippen LogP contribution in [0.4, 0.5) is 0 Å². The maximum Gasteiger partial charge on any atom is 0.271 e. The van der Waals surface area contributed by atoms with E-state index in [1.807, 2.05) is 53.4 Å². The number of amides is 1. The third kappa shape index (κ3) is 3.00. The number of nitrogens with zero attached hydrogens (tertiary/aromatic N) is 1. The van der Waals surface area contributed by atoms with E-state index in [4.69, 9.17) is 16.3 Å². The van der Waals surface area contributed by atoms with Gasteiger partial charge in [-0.3, -0.25) is 4.79 Å². The van der Waals surface area contributed by atoms with Crippen LogP contribution >= 0.6 is 11.6 Å². The zero-order valence-corrected chi connectivity index (χ0v) is 15.4. The molecule has 0 radical (unpaired) electrons. The fourth-order valence-corrected chi connectivity index (χ4v) is 4.01. The standard InChI is InChI=1S/C21H21ClN2O2/c1-26-13-16-8-5-11-24(16)21(25)20-19(14-6-3-2-4-7-14)17-12-15(22)9-10-18(17)23-20/h2-4,6-7,9-10,12,16,23H,5,8,11,13H2,1H3/t16-/m1/s1. The summed E-state index contributed by atoms with van der Waals surface area (Å²) in [5, 5.41) is 1.63. The van der Waals surface area contributed by atoms with E-state index in [2.05, 4.69) is 4.98 Å². The number of benzene rings is 2. The van der Waals surface area contributed by atoms with Crippen molar-refractivity contribution in [3.05, 3.63) is 59.2 Å². The van der Waals surface area contributed by atoms with Crippen molar-refractivity contribution in [2.45, 2.75) is 18.9 Å². The van der Waals surface area contributed by atoms with Gasteiger partial charge in [-0.25, -0.2) is 0 Å². The first-order valence-corrected chi connectivity index (χ1v) is 9.23. The molecule has 0 bridgehead atoms. The average Bonchev–Trinajstić information content (AvgIpc) is 3.26. The van der Waals surface area contributed by atoms with Gasteiger partial charge < -0.3 is 14.6 Å². The van der Waals surface area contributed by atoms with Crippen molar-refractivity contribution < 1.29 is 9.53 Å². The lowest BCUT2D eigenvalue weighted by Gasteiger charge is -2.24. The number of ether oxygens (including phenoxy) is 1. The lowest BCUT2D eigenvalue weighted by molar-refractivity contribution is 0.0627. The van der Waals surface area contributed by atoms with Crippen LogP contribution in [0.1, 0.15) is 23.3 Å². The number of fused-ring (bicyclic) bond motifs is 1. The summed E-state index contributed by atoms with van der Waals surface area (Å²) in [5.41, 5.74) is 3.46. The molecule has 4 rings (SSSR count). The van der Waals surface area contributed by atoms with Gasteiger partial charge in [0, 0.05) is 35.1 Å². The van der Waals surface area contributed by atoms with Gasteiger partial charge in [0.2, 0.25) is 0 Å². The number of aromatic amines is 1. The molecule has 0 aliphatic carbocycles. The van der Waals surface area contributed by atoms with Crippen molar-refractivity contribution in [2.75, 3.05) is 20.3 Å². The van der Waals surface area contributed by atoms with E-state index < -0.39 is 0 Å². The summed E-state index contributed by atoms with van der Waals surface area (Å²) in [5.74, 6) is 0.0238. The molecule has 134 valence electrons. The van der Waals surface area contributed by atoms with Crippen LogP contribution in [-0.2, 0) is 4.74 Å². The largest absolute Gasteiger partial charge is 0.383 e. The Kier molecular flexibility index (Phi) is 4.70. The molecule has 4 nitrogen and oxygen atoms in total. The van der Waals surface area contributed by atoms with Crippen LogP contribution in [0.3, 0.4) is 0 Å². The molecule has 2 heterocycles. The van der Waals surface area contributed by atoms with E-state index in [0.717, 1.165) is 41.4 Å². The molecule has 1 saturated heterocycles. The SMILES string of the molecule is COC[C@H]1CCCN1C(=O)c1[nH]c2ccc(Cl)cc2c1-c1ccccc1. The van der Waals surface area contributed by atoms with Crippen molar-refractivity contribution in [2.24, 2.45) is 0 Å². The summed E-state index contributed by atoms with van der Waals surface area (Å²) in [6, 6.07) is 15.8. The Bertz CT molecular complexity index is 936. The van der Waals surface area contributed by atoms with Crippen LogP contribution in [0.15, 0.2) is 48.5 Å². The number of hydrogen-bond acceptors (Lipinski definition) is 2. The Hall–Kier alpha value is -2.30. The smallest absolute Gasteiger partial charge is 0.271 e. The third-order valence-electron chi connectivity index (χ3n) is 5.03. The highest BCUT2D eigenvalue weighted by atomic mass is 35.5. The van der Waals surface area contributed by atoms with Crippen molar-refractivity contribution in [3.8, 4) is 11.1 Å². The number of H-pyrrole nitrogens is 1. The lowest BCUT2D eigenvalue weighted by atomic mass is 10.0. The van der Waals surface area contributed by atoms with Crippen molar-refractivity contribution in [1.82, 2.24) is 9.88 Å². The minimum absolute atomic E-state index is 0.0238. The predicted molar refractivity (Wildman–Crippen MR) is 105 cm³/mol. The number of likely N-dealkylation sites (tertiary alicyclic amines) is 1. The number of carbonyl (C=O) groups is 1. The van der Waals surface area contributed by atoms with Gasteiger partial charge in [0.05, 0.1) is 12.6 Å². The molecule has 1 N–H and O–H groups in total. The number of methoxy groups -OCH3 is 1. The zero-order chi connectivity index (χ0) is 18.1. The molecule has 3 aromatic rings. The number of nitrogens with one attached hydrogen (secondary N) is 1. The number of aromatic nitrogens is 1. The summed E-state index contributed by atoms with van der Waals surface area (Å²) in [7, 11) is 1.68. The first-order valence-electron chi connectivity index (χ1n) is 8.85. The lowest BCUT2D eigenvalue weighted by Crippen LogP contribution is -2.38. The Balaban J connectivity index is 1.85. The molecular weight excluding hydrogens is 348 g/mol. The summed E-state index contributed by atoms with van der Waals surface area (Å²) in [6.07, 6.45) is 1.98. The highest BCUT2D eigenvalue weighted by Gasteiger charge is 2.32. The molecule has 0 saturated carbocycles. The van der Waals surface area contributed by atoms with E-state index >= 15 is 0 Å². The molecular formula is C21H21ClN2O2. The number of hydrogen-bond donors (Lipinski definition) is 1. The molecule has 1 fully saturated rings. The first kappa shape index (κ1) is 17.1. The van der Waals surface area contributed by atoms with Gasteiger partial charge in [-0.15, -0.1) is 0 Å². The molecule has 1 atom stereocenters. The van der Waals surface area contributed by atoms with Crippen LogP contribution in [0.25, 0.3) is 22.0 Å². The molecule has 26 heavy (non-hydrogen) atoms. The van der Waals surface area contributed by atoms with E-state index in [1.54, 1.807) is 7.11 Å². The summed E-state index contributed by atoms with van der Waals surface area (Å²) in [6.45, 7) is 1.33. The van der Waals surface area contributed by atoms with E-state index in [0.29, 0.717) is 17.3 Å². The van der Waals surface area contributed by atoms with Gasteiger partial charge in [0.15, 0.2) is 0 Å². The number of rotatable bonds is 4. The van der Waals surface area contributed by atoms with Crippen molar-refractivity contribution in [3.63, 3.8) is 0 Å². The van der Waals surface area contributed by atoms with Gasteiger partial charge in [0.25, 0.3) is 5.91 Å². The van der Waals surface area contributed by atoms with Crippen LogP contribution in [0, 0.1) is 0 Å². The Labute approximate surface area is 157 Å². The number of halogens is 1. The predicted octanol–water partition coefficient (Wildman–Crippen LogP) is 4.74. The average molecular weight is 369 g/mol. The van der Waals surface area contributed by atoms with Crippen LogP contribution < -0.4 is 0 Å². The molecule has 1 aliphatic heterocycles. The van der Waals surface area contributed by atoms with Gasteiger partial charge in [-0.1, -0.05) is 41.9 Å². The van der Waals surface area contributed by atoms with Crippen LogP contribution in [0.5, 0.6) is 0 Å². The fraction of sp³-hybridized carbons (Fsp3) is 0.286. The second-order valence-electron chi connectivity index (χ2n) is 6.68. The van der Waals surface area contributed by atoms with Crippen LogP contribution in [-0.4, -0.2) is 42.1 Å².